The highest BCUT2D eigenvalue weighted by Crippen LogP contribution is 2.34. The van der Waals surface area contributed by atoms with Crippen LogP contribution in [0.25, 0.3) is 0 Å². The Morgan fingerprint density at radius 1 is 1.24 bits per heavy atom. The van der Waals surface area contributed by atoms with E-state index in [1.54, 1.807) is 0 Å². The Morgan fingerprint density at radius 3 is 2.70 bits per heavy atom. The van der Waals surface area contributed by atoms with Crippen molar-refractivity contribution in [2.24, 2.45) is 0 Å². The number of hydrogen-bond acceptors (Lipinski definition) is 9. The molecule has 1 fully saturated rings. The normalized spacial score (nSPS) is 24.9. The molecule has 3 heterocycles. The second kappa shape index (κ2) is 8.72. The zero-order valence-electron chi connectivity index (χ0n) is 17.4. The first kappa shape index (κ1) is 23.1. The van der Waals surface area contributed by atoms with Crippen LogP contribution in [0.2, 0.25) is 0 Å². The third kappa shape index (κ3) is 4.43. The predicted molar refractivity (Wildman–Crippen MR) is 112 cm³/mol. The summed E-state index contributed by atoms with van der Waals surface area (Å²) in [6.07, 6.45) is -4.48. The SMILES string of the molecule is CC(=O)N1CCOc2ccc(S(=O)(=O)NC[C@H]3O[C@@H](n4ccc(=O)[nH]c4=O)[C@H](O)[C@@H]3O)cc21. The number of H-pyrrole nitrogens is 1. The van der Waals surface area contributed by atoms with Crippen molar-refractivity contribution >= 4 is 21.6 Å². The van der Waals surface area contributed by atoms with Gasteiger partial charge in [0, 0.05) is 25.7 Å². The highest BCUT2D eigenvalue weighted by molar-refractivity contribution is 7.89. The van der Waals surface area contributed by atoms with Gasteiger partial charge in [-0.1, -0.05) is 0 Å². The molecule has 2 aliphatic rings. The number of nitrogens with one attached hydrogen (secondary N) is 2. The van der Waals surface area contributed by atoms with Crippen LogP contribution in [0.3, 0.4) is 0 Å². The zero-order valence-corrected chi connectivity index (χ0v) is 18.2. The van der Waals surface area contributed by atoms with Gasteiger partial charge in [0.2, 0.25) is 15.9 Å². The van der Waals surface area contributed by atoms with Gasteiger partial charge in [-0.3, -0.25) is 19.1 Å². The van der Waals surface area contributed by atoms with Crippen LogP contribution >= 0.6 is 0 Å². The van der Waals surface area contributed by atoms with E-state index in [4.69, 9.17) is 9.47 Å². The molecule has 0 bridgehead atoms. The average Bonchev–Trinajstić information content (AvgIpc) is 3.05. The summed E-state index contributed by atoms with van der Waals surface area (Å²) in [6.45, 7) is 1.52. The van der Waals surface area contributed by atoms with Crippen molar-refractivity contribution in [1.29, 1.82) is 0 Å². The van der Waals surface area contributed by atoms with E-state index in [1.807, 2.05) is 4.98 Å². The first-order chi connectivity index (χ1) is 15.6. The molecule has 0 radical (unpaired) electrons. The molecule has 2 aromatic rings. The number of benzene rings is 1. The second-order valence-corrected chi connectivity index (χ2v) is 9.33. The van der Waals surface area contributed by atoms with Crippen LogP contribution in [-0.2, 0) is 19.6 Å². The van der Waals surface area contributed by atoms with Crippen molar-refractivity contribution in [3.05, 3.63) is 51.3 Å². The number of nitrogens with zero attached hydrogens (tertiary/aromatic N) is 2. The summed E-state index contributed by atoms with van der Waals surface area (Å²) in [5.74, 6) is 0.115. The lowest BCUT2D eigenvalue weighted by Crippen LogP contribution is -2.40. The Kier molecular flexibility index (Phi) is 6.11. The van der Waals surface area contributed by atoms with Gasteiger partial charge in [-0.2, -0.15) is 0 Å². The summed E-state index contributed by atoms with van der Waals surface area (Å²) in [5.41, 5.74) is -1.18. The number of sulfonamides is 1. The number of hydrogen-bond donors (Lipinski definition) is 4. The number of carbonyl (C=O) groups is 1. The number of ether oxygens (including phenoxy) is 2. The van der Waals surface area contributed by atoms with Gasteiger partial charge < -0.3 is 24.6 Å². The smallest absolute Gasteiger partial charge is 0.330 e. The Bertz CT molecular complexity index is 1290. The van der Waals surface area contributed by atoms with E-state index in [1.165, 1.54) is 30.0 Å². The van der Waals surface area contributed by atoms with E-state index < -0.39 is 52.4 Å². The fourth-order valence-electron chi connectivity index (χ4n) is 3.72. The lowest BCUT2D eigenvalue weighted by molar-refractivity contribution is -0.116. The third-order valence-electron chi connectivity index (χ3n) is 5.42. The minimum atomic E-state index is -4.10. The van der Waals surface area contributed by atoms with Gasteiger partial charge in [-0.15, -0.1) is 0 Å². The van der Waals surface area contributed by atoms with E-state index in [2.05, 4.69) is 4.72 Å². The van der Waals surface area contributed by atoms with Gasteiger partial charge in [-0.25, -0.2) is 17.9 Å². The van der Waals surface area contributed by atoms with Crippen molar-refractivity contribution in [2.45, 2.75) is 36.4 Å². The number of fused-ring (bicyclic) bond motifs is 1. The largest absolute Gasteiger partial charge is 0.490 e. The van der Waals surface area contributed by atoms with Crippen LogP contribution in [0.5, 0.6) is 5.75 Å². The Morgan fingerprint density at radius 2 is 2.00 bits per heavy atom. The van der Waals surface area contributed by atoms with Crippen molar-refractivity contribution in [3.8, 4) is 5.75 Å². The first-order valence-electron chi connectivity index (χ1n) is 9.96. The molecule has 178 valence electrons. The summed E-state index contributed by atoms with van der Waals surface area (Å²) in [5, 5.41) is 20.6. The van der Waals surface area contributed by atoms with Crippen molar-refractivity contribution < 1.29 is 32.9 Å². The number of anilines is 1. The Labute approximate surface area is 187 Å². The number of aliphatic hydroxyl groups is 2. The van der Waals surface area contributed by atoms with Crippen molar-refractivity contribution in [2.75, 3.05) is 24.6 Å². The Hall–Kier alpha value is -3.04. The van der Waals surface area contributed by atoms with Gasteiger partial charge in [0.05, 0.1) is 17.1 Å². The molecule has 0 unspecified atom stereocenters. The molecule has 0 spiro atoms. The maximum Gasteiger partial charge on any atom is 0.330 e. The fraction of sp³-hybridized carbons (Fsp3) is 0.421. The van der Waals surface area contributed by atoms with Crippen LogP contribution < -0.4 is 25.6 Å². The van der Waals surface area contributed by atoms with Gasteiger partial charge >= 0.3 is 5.69 Å². The van der Waals surface area contributed by atoms with Gasteiger partial charge in [-0.05, 0) is 18.2 Å². The molecule has 1 aromatic carbocycles. The number of carbonyl (C=O) groups excluding carboxylic acids is 1. The highest BCUT2D eigenvalue weighted by atomic mass is 32.2. The number of amides is 1. The molecule has 4 atom stereocenters. The van der Waals surface area contributed by atoms with E-state index >= 15 is 0 Å². The summed E-state index contributed by atoms with van der Waals surface area (Å²) in [4.78, 5) is 38.3. The van der Waals surface area contributed by atoms with E-state index in [-0.39, 0.29) is 24.0 Å². The van der Waals surface area contributed by atoms with E-state index in [9.17, 15) is 33.0 Å². The minimum absolute atomic E-state index is 0.139. The maximum absolute atomic E-state index is 12.8. The molecule has 1 aromatic heterocycles. The lowest BCUT2D eigenvalue weighted by Gasteiger charge is -2.29. The summed E-state index contributed by atoms with van der Waals surface area (Å²) >= 11 is 0. The molecule has 1 amide bonds. The molecule has 1 saturated heterocycles. The molecule has 33 heavy (non-hydrogen) atoms. The number of aromatic nitrogens is 2. The van der Waals surface area contributed by atoms with Gasteiger partial charge in [0.15, 0.2) is 6.23 Å². The Balaban J connectivity index is 1.51. The number of rotatable bonds is 5. The number of aromatic amines is 1. The monoisotopic (exact) mass is 482 g/mol. The van der Waals surface area contributed by atoms with Crippen LogP contribution in [-0.4, -0.2) is 72.1 Å². The lowest BCUT2D eigenvalue weighted by atomic mass is 10.1. The molecule has 4 rings (SSSR count). The molecule has 0 saturated carbocycles. The standard InChI is InChI=1S/C19H22N4O9S/c1-10(24)22-6-7-31-13-3-2-11(8-12(13)22)33(29,30)20-9-14-16(26)17(27)18(32-14)23-5-4-15(25)21-19(23)28/h2-5,8,14,16-18,20,26-27H,6-7,9H2,1H3,(H,21,25,28)/t14-,16-,17-,18-/m1/s1. The summed E-state index contributed by atoms with van der Waals surface area (Å²) < 4.78 is 39.8. The molecule has 0 aliphatic carbocycles. The fourth-order valence-corrected chi connectivity index (χ4v) is 4.79. The van der Waals surface area contributed by atoms with E-state index in [0.717, 1.165) is 16.8 Å². The maximum atomic E-state index is 12.8. The molecule has 13 nitrogen and oxygen atoms in total. The summed E-state index contributed by atoms with van der Waals surface area (Å²) in [7, 11) is -4.10. The quantitative estimate of drug-likeness (QED) is 0.370. The minimum Gasteiger partial charge on any atom is -0.490 e. The van der Waals surface area contributed by atoms with Crippen molar-refractivity contribution in [3.63, 3.8) is 0 Å². The molecule has 14 heteroatoms. The molecule has 2 aliphatic heterocycles. The topological polar surface area (TPSA) is 180 Å². The van der Waals surface area contributed by atoms with Gasteiger partial charge in [0.25, 0.3) is 5.56 Å². The summed E-state index contributed by atoms with van der Waals surface area (Å²) in [6, 6.07) is 5.11. The van der Waals surface area contributed by atoms with Crippen LogP contribution in [0.4, 0.5) is 5.69 Å². The average molecular weight is 482 g/mol. The zero-order chi connectivity index (χ0) is 23.9. The van der Waals surface area contributed by atoms with Crippen LogP contribution in [0, 0.1) is 0 Å². The molecular weight excluding hydrogens is 460 g/mol. The van der Waals surface area contributed by atoms with Crippen LogP contribution in [0.15, 0.2) is 44.9 Å². The third-order valence-corrected chi connectivity index (χ3v) is 6.84. The van der Waals surface area contributed by atoms with Gasteiger partial charge in [0.1, 0.15) is 30.7 Å². The van der Waals surface area contributed by atoms with E-state index in [0.29, 0.717) is 11.4 Å². The van der Waals surface area contributed by atoms with Crippen molar-refractivity contribution in [1.82, 2.24) is 14.3 Å². The van der Waals surface area contributed by atoms with Crippen LogP contribution in [0.1, 0.15) is 13.2 Å². The predicted octanol–water partition coefficient (Wildman–Crippen LogP) is -2.12. The second-order valence-electron chi connectivity index (χ2n) is 7.56. The number of aliphatic hydroxyl groups excluding tert-OH is 2. The molecule has 4 N–H and O–H groups in total. The first-order valence-corrected chi connectivity index (χ1v) is 11.4. The molecular formula is C19H22N4O9S. The highest BCUT2D eigenvalue weighted by Gasteiger charge is 2.44.